The number of nitrogens with zero attached hydrogens (tertiary/aromatic N) is 1. The van der Waals surface area contributed by atoms with Crippen LogP contribution in [0.1, 0.15) is 27.0 Å². The highest BCUT2D eigenvalue weighted by atomic mass is 16.1. The van der Waals surface area contributed by atoms with Crippen molar-refractivity contribution in [2.24, 2.45) is 5.73 Å². The number of rotatable bonds is 2. The smallest absolute Gasteiger partial charge is 0.256 e. The minimum absolute atomic E-state index is 0.198. The maximum Gasteiger partial charge on any atom is 0.256 e. The molecule has 0 radical (unpaired) electrons. The van der Waals surface area contributed by atoms with Crippen molar-refractivity contribution >= 4 is 11.7 Å². The maximum absolute atomic E-state index is 12.3. The van der Waals surface area contributed by atoms with Crippen molar-refractivity contribution in [3.63, 3.8) is 0 Å². The molecule has 0 unspecified atom stereocenters. The maximum atomic E-state index is 12.3. The zero-order chi connectivity index (χ0) is 15.2. The van der Waals surface area contributed by atoms with E-state index in [1.54, 1.807) is 12.3 Å². The summed E-state index contributed by atoms with van der Waals surface area (Å²) >= 11 is 0. The molecule has 0 atom stereocenters. The molecule has 0 aliphatic carbocycles. The molecule has 0 spiro atoms. The Morgan fingerprint density at radius 1 is 1.33 bits per heavy atom. The molecule has 3 N–H and O–H groups in total. The van der Waals surface area contributed by atoms with E-state index in [2.05, 4.69) is 22.1 Å². The second-order valence-corrected chi connectivity index (χ2v) is 4.72. The lowest BCUT2D eigenvalue weighted by atomic mass is 10.1. The monoisotopic (exact) mass is 279 g/mol. The van der Waals surface area contributed by atoms with Crippen LogP contribution in [0.2, 0.25) is 0 Å². The number of amides is 1. The largest absolute Gasteiger partial charge is 0.320 e. The number of benzene rings is 1. The molecule has 1 heterocycles. The summed E-state index contributed by atoms with van der Waals surface area (Å²) < 4.78 is 0. The number of aromatic nitrogens is 1. The SMILES string of the molecule is Cc1cc(C#CCN)cc(C(=O)Nc2ncccc2C)c1. The van der Waals surface area contributed by atoms with Gasteiger partial charge in [0.15, 0.2) is 0 Å². The number of aryl methyl sites for hydroxylation is 2. The van der Waals surface area contributed by atoms with Crippen LogP contribution in [0.4, 0.5) is 5.82 Å². The van der Waals surface area contributed by atoms with Crippen molar-refractivity contribution in [3.05, 3.63) is 58.8 Å². The van der Waals surface area contributed by atoms with E-state index in [1.807, 2.05) is 38.1 Å². The predicted octanol–water partition coefficient (Wildman–Crippen LogP) is 2.26. The van der Waals surface area contributed by atoms with Gasteiger partial charge in [-0.3, -0.25) is 4.79 Å². The Morgan fingerprint density at radius 2 is 2.14 bits per heavy atom. The van der Waals surface area contributed by atoms with E-state index < -0.39 is 0 Å². The predicted molar refractivity (Wildman–Crippen MR) is 84.0 cm³/mol. The first-order valence-electron chi connectivity index (χ1n) is 6.64. The molecule has 2 aromatic rings. The Labute approximate surface area is 124 Å². The molecule has 0 fully saturated rings. The van der Waals surface area contributed by atoms with Crippen LogP contribution in [0.5, 0.6) is 0 Å². The number of pyridine rings is 1. The van der Waals surface area contributed by atoms with Gasteiger partial charge in [-0.1, -0.05) is 17.9 Å². The number of carbonyl (C=O) groups excluding carboxylic acids is 1. The zero-order valence-electron chi connectivity index (χ0n) is 12.1. The number of nitrogens with one attached hydrogen (secondary N) is 1. The molecular formula is C17H17N3O. The van der Waals surface area contributed by atoms with Crippen molar-refractivity contribution < 1.29 is 4.79 Å². The number of hydrogen-bond donors (Lipinski definition) is 2. The summed E-state index contributed by atoms with van der Waals surface area (Å²) in [5, 5.41) is 2.81. The van der Waals surface area contributed by atoms with Crippen molar-refractivity contribution in [1.82, 2.24) is 4.98 Å². The lowest BCUT2D eigenvalue weighted by Crippen LogP contribution is -2.14. The van der Waals surface area contributed by atoms with Gasteiger partial charge in [-0.15, -0.1) is 0 Å². The number of hydrogen-bond acceptors (Lipinski definition) is 3. The third-order valence-corrected chi connectivity index (χ3v) is 2.92. The van der Waals surface area contributed by atoms with Crippen molar-refractivity contribution in [1.29, 1.82) is 0 Å². The molecule has 1 aromatic heterocycles. The molecule has 4 heteroatoms. The highest BCUT2D eigenvalue weighted by Gasteiger charge is 2.09. The van der Waals surface area contributed by atoms with E-state index in [0.717, 1.165) is 16.7 Å². The van der Waals surface area contributed by atoms with Crippen molar-refractivity contribution in [2.75, 3.05) is 11.9 Å². The van der Waals surface area contributed by atoms with E-state index in [0.29, 0.717) is 17.9 Å². The van der Waals surface area contributed by atoms with Gasteiger partial charge in [0.05, 0.1) is 6.54 Å². The molecule has 0 aliphatic rings. The Morgan fingerprint density at radius 3 is 2.86 bits per heavy atom. The van der Waals surface area contributed by atoms with Gasteiger partial charge in [0, 0.05) is 17.3 Å². The fourth-order valence-electron chi connectivity index (χ4n) is 1.94. The summed E-state index contributed by atoms with van der Waals surface area (Å²) in [6.45, 7) is 4.12. The minimum atomic E-state index is -0.198. The number of anilines is 1. The van der Waals surface area contributed by atoms with E-state index in [1.165, 1.54) is 0 Å². The average molecular weight is 279 g/mol. The molecule has 0 saturated carbocycles. The van der Waals surface area contributed by atoms with Crippen LogP contribution < -0.4 is 11.1 Å². The van der Waals surface area contributed by atoms with Gasteiger partial charge in [-0.05, 0) is 49.2 Å². The zero-order valence-corrected chi connectivity index (χ0v) is 12.1. The third kappa shape index (κ3) is 3.91. The second kappa shape index (κ2) is 6.69. The molecule has 1 aromatic carbocycles. The Balaban J connectivity index is 2.27. The lowest BCUT2D eigenvalue weighted by Gasteiger charge is -2.08. The molecule has 21 heavy (non-hydrogen) atoms. The quantitative estimate of drug-likeness (QED) is 0.829. The fourth-order valence-corrected chi connectivity index (χ4v) is 1.94. The van der Waals surface area contributed by atoms with Gasteiger partial charge in [0.1, 0.15) is 5.82 Å². The average Bonchev–Trinajstić information content (AvgIpc) is 2.47. The number of nitrogens with two attached hydrogens (primary N) is 1. The summed E-state index contributed by atoms with van der Waals surface area (Å²) in [4.78, 5) is 16.5. The normalized spacial score (nSPS) is 9.67. The molecule has 0 aliphatic heterocycles. The highest BCUT2D eigenvalue weighted by Crippen LogP contribution is 2.14. The summed E-state index contributed by atoms with van der Waals surface area (Å²) in [6.07, 6.45) is 1.65. The molecule has 1 amide bonds. The van der Waals surface area contributed by atoms with Crippen LogP contribution in [0.25, 0.3) is 0 Å². The first-order valence-corrected chi connectivity index (χ1v) is 6.64. The molecule has 4 nitrogen and oxygen atoms in total. The molecule has 106 valence electrons. The lowest BCUT2D eigenvalue weighted by molar-refractivity contribution is 0.102. The minimum Gasteiger partial charge on any atom is -0.320 e. The van der Waals surface area contributed by atoms with Crippen LogP contribution in [0.3, 0.4) is 0 Å². The van der Waals surface area contributed by atoms with Crippen LogP contribution in [0, 0.1) is 25.7 Å². The van der Waals surface area contributed by atoms with Crippen LogP contribution >= 0.6 is 0 Å². The Kier molecular flexibility index (Phi) is 4.70. The Hall–Kier alpha value is -2.64. The summed E-state index contributed by atoms with van der Waals surface area (Å²) in [6, 6.07) is 9.23. The molecule has 0 bridgehead atoms. The van der Waals surface area contributed by atoms with E-state index >= 15 is 0 Å². The summed E-state index contributed by atoms with van der Waals surface area (Å²) in [5.41, 5.74) is 8.60. The van der Waals surface area contributed by atoms with Gasteiger partial charge in [0.2, 0.25) is 0 Å². The van der Waals surface area contributed by atoms with E-state index in [4.69, 9.17) is 5.73 Å². The van der Waals surface area contributed by atoms with Gasteiger partial charge in [-0.25, -0.2) is 4.98 Å². The van der Waals surface area contributed by atoms with Crippen molar-refractivity contribution in [2.45, 2.75) is 13.8 Å². The Bertz CT molecular complexity index is 726. The second-order valence-electron chi connectivity index (χ2n) is 4.72. The third-order valence-electron chi connectivity index (χ3n) is 2.92. The van der Waals surface area contributed by atoms with Gasteiger partial charge in [0.25, 0.3) is 5.91 Å². The summed E-state index contributed by atoms with van der Waals surface area (Å²) in [7, 11) is 0. The first-order chi connectivity index (χ1) is 10.1. The topological polar surface area (TPSA) is 68.0 Å². The van der Waals surface area contributed by atoms with Crippen LogP contribution in [0.15, 0.2) is 36.5 Å². The first kappa shape index (κ1) is 14.8. The fraction of sp³-hybridized carbons (Fsp3) is 0.176. The van der Waals surface area contributed by atoms with Gasteiger partial charge < -0.3 is 11.1 Å². The van der Waals surface area contributed by atoms with E-state index in [9.17, 15) is 4.79 Å². The summed E-state index contributed by atoms with van der Waals surface area (Å²) in [5.74, 6) is 6.11. The standard InChI is InChI=1S/C17H17N3O/c1-12-9-14(6-3-7-18)11-15(10-12)17(21)20-16-13(2)5-4-8-19-16/h4-5,8-11H,7,18H2,1-2H3,(H,19,20,21). The van der Waals surface area contributed by atoms with Gasteiger partial charge >= 0.3 is 0 Å². The molecular weight excluding hydrogens is 262 g/mol. The van der Waals surface area contributed by atoms with Crippen LogP contribution in [-0.2, 0) is 0 Å². The molecule has 2 rings (SSSR count). The highest BCUT2D eigenvalue weighted by molar-refractivity contribution is 6.04. The molecule has 0 saturated heterocycles. The van der Waals surface area contributed by atoms with E-state index in [-0.39, 0.29) is 5.91 Å². The van der Waals surface area contributed by atoms with Gasteiger partial charge in [-0.2, -0.15) is 0 Å². The number of carbonyl (C=O) groups is 1. The van der Waals surface area contributed by atoms with Crippen molar-refractivity contribution in [3.8, 4) is 11.8 Å². The van der Waals surface area contributed by atoms with Crippen LogP contribution in [-0.4, -0.2) is 17.4 Å².